The van der Waals surface area contributed by atoms with Crippen molar-refractivity contribution in [3.8, 4) is 0 Å². The summed E-state index contributed by atoms with van der Waals surface area (Å²) in [6.07, 6.45) is 3.41. The summed E-state index contributed by atoms with van der Waals surface area (Å²) in [7, 11) is 0. The van der Waals surface area contributed by atoms with Crippen LogP contribution in [0.1, 0.15) is 36.5 Å². The molecule has 0 spiro atoms. The third kappa shape index (κ3) is 4.70. The second-order valence-corrected chi connectivity index (χ2v) is 6.85. The minimum Gasteiger partial charge on any atom is -0.322 e. The summed E-state index contributed by atoms with van der Waals surface area (Å²) >= 11 is 2.26. The first-order valence-electron chi connectivity index (χ1n) is 7.31. The van der Waals surface area contributed by atoms with Crippen LogP contribution in [0.4, 0.5) is 5.69 Å². The third-order valence-corrected chi connectivity index (χ3v) is 4.15. The molecule has 0 aliphatic rings. The fourth-order valence-electron chi connectivity index (χ4n) is 2.11. The molecule has 0 unspecified atom stereocenters. The number of benzene rings is 2. The Kier molecular flexibility index (Phi) is 5.77. The van der Waals surface area contributed by atoms with Crippen molar-refractivity contribution in [2.45, 2.75) is 26.7 Å². The fourth-order valence-corrected chi connectivity index (χ4v) is 2.75. The molecule has 0 radical (unpaired) electrons. The van der Waals surface area contributed by atoms with Crippen LogP contribution in [0.25, 0.3) is 6.08 Å². The lowest BCUT2D eigenvalue weighted by atomic mass is 10.0. The van der Waals surface area contributed by atoms with Gasteiger partial charge in [-0.2, -0.15) is 0 Å². The minimum atomic E-state index is -0.114. The molecule has 3 heteroatoms. The van der Waals surface area contributed by atoms with Crippen molar-refractivity contribution in [1.82, 2.24) is 0 Å². The Balaban J connectivity index is 2.01. The lowest BCUT2D eigenvalue weighted by molar-refractivity contribution is -0.111. The third-order valence-electron chi connectivity index (χ3n) is 3.48. The van der Waals surface area contributed by atoms with Crippen molar-refractivity contribution in [3.63, 3.8) is 0 Å². The van der Waals surface area contributed by atoms with Crippen LogP contribution in [-0.2, 0) is 4.79 Å². The van der Waals surface area contributed by atoms with Gasteiger partial charge in [0, 0.05) is 15.3 Å². The number of hydrogen-bond acceptors (Lipinski definition) is 1. The Morgan fingerprint density at radius 2 is 1.82 bits per heavy atom. The van der Waals surface area contributed by atoms with Crippen LogP contribution >= 0.6 is 22.6 Å². The summed E-state index contributed by atoms with van der Waals surface area (Å²) in [5, 5.41) is 2.91. The largest absolute Gasteiger partial charge is 0.322 e. The smallest absolute Gasteiger partial charge is 0.248 e. The molecule has 2 aromatic rings. The predicted octanol–water partition coefficient (Wildman–Crippen LogP) is 5.37. The van der Waals surface area contributed by atoms with Crippen molar-refractivity contribution in [2.24, 2.45) is 0 Å². The highest BCUT2D eigenvalue weighted by atomic mass is 127. The van der Waals surface area contributed by atoms with Gasteiger partial charge in [0.15, 0.2) is 0 Å². The number of aryl methyl sites for hydroxylation is 1. The second-order valence-electron chi connectivity index (χ2n) is 5.60. The van der Waals surface area contributed by atoms with Crippen LogP contribution in [0.3, 0.4) is 0 Å². The van der Waals surface area contributed by atoms with E-state index >= 15 is 0 Å². The lowest BCUT2D eigenvalue weighted by Gasteiger charge is -2.07. The first-order chi connectivity index (χ1) is 10.5. The molecule has 0 aromatic heterocycles. The van der Waals surface area contributed by atoms with Crippen molar-refractivity contribution >= 4 is 40.3 Å². The first-order valence-corrected chi connectivity index (χ1v) is 8.39. The summed E-state index contributed by atoms with van der Waals surface area (Å²) in [5.74, 6) is 0.405. The van der Waals surface area contributed by atoms with E-state index in [4.69, 9.17) is 0 Å². The molecule has 2 rings (SSSR count). The van der Waals surface area contributed by atoms with E-state index in [1.807, 2.05) is 43.3 Å². The Labute approximate surface area is 145 Å². The van der Waals surface area contributed by atoms with E-state index in [1.54, 1.807) is 6.08 Å². The highest BCUT2D eigenvalue weighted by Gasteiger charge is 2.02. The standard InChI is InChI=1S/C19H20INO/c1-13(2)16-7-4-15(5-8-16)6-11-19(22)21-18-10-9-17(20)12-14(18)3/h4-13H,1-3H3,(H,21,22)/b11-6+. The molecule has 22 heavy (non-hydrogen) atoms. The van der Waals surface area contributed by atoms with Crippen LogP contribution in [0.5, 0.6) is 0 Å². The van der Waals surface area contributed by atoms with E-state index < -0.39 is 0 Å². The second kappa shape index (κ2) is 7.58. The van der Waals surface area contributed by atoms with Crippen LogP contribution in [0, 0.1) is 10.5 Å². The summed E-state index contributed by atoms with van der Waals surface area (Å²) in [5.41, 5.74) is 4.25. The number of amides is 1. The van der Waals surface area contributed by atoms with Crippen molar-refractivity contribution in [1.29, 1.82) is 0 Å². The minimum absolute atomic E-state index is 0.114. The monoisotopic (exact) mass is 405 g/mol. The molecular weight excluding hydrogens is 385 g/mol. The molecular formula is C19H20INO. The molecule has 0 atom stereocenters. The quantitative estimate of drug-likeness (QED) is 0.538. The van der Waals surface area contributed by atoms with Gasteiger partial charge in [-0.1, -0.05) is 38.1 Å². The predicted molar refractivity (Wildman–Crippen MR) is 102 cm³/mol. The molecule has 1 N–H and O–H groups in total. The van der Waals surface area contributed by atoms with Gasteiger partial charge in [-0.25, -0.2) is 0 Å². The van der Waals surface area contributed by atoms with Gasteiger partial charge in [0.1, 0.15) is 0 Å². The van der Waals surface area contributed by atoms with Crippen molar-refractivity contribution in [2.75, 3.05) is 5.32 Å². The number of carbonyl (C=O) groups is 1. The molecule has 0 heterocycles. The van der Waals surface area contributed by atoms with Crippen molar-refractivity contribution < 1.29 is 4.79 Å². The molecule has 2 nitrogen and oxygen atoms in total. The zero-order valence-electron chi connectivity index (χ0n) is 13.1. The Hall–Kier alpha value is -1.62. The van der Waals surface area contributed by atoms with E-state index in [0.29, 0.717) is 5.92 Å². The zero-order chi connectivity index (χ0) is 16.1. The average molecular weight is 405 g/mol. The number of hydrogen-bond donors (Lipinski definition) is 1. The van der Waals surface area contributed by atoms with E-state index in [0.717, 1.165) is 20.4 Å². The molecule has 0 saturated heterocycles. The summed E-state index contributed by atoms with van der Waals surface area (Å²) in [6.45, 7) is 6.33. The number of halogens is 1. The Morgan fingerprint density at radius 1 is 1.14 bits per heavy atom. The highest BCUT2D eigenvalue weighted by Crippen LogP contribution is 2.18. The van der Waals surface area contributed by atoms with Crippen LogP contribution in [-0.4, -0.2) is 5.91 Å². The van der Waals surface area contributed by atoms with Gasteiger partial charge in [0.2, 0.25) is 5.91 Å². The molecule has 0 bridgehead atoms. The maximum atomic E-state index is 12.0. The van der Waals surface area contributed by atoms with Gasteiger partial charge < -0.3 is 5.32 Å². The van der Waals surface area contributed by atoms with Gasteiger partial charge in [0.25, 0.3) is 0 Å². The van der Waals surface area contributed by atoms with E-state index in [9.17, 15) is 4.79 Å². The fraction of sp³-hybridized carbons (Fsp3) is 0.211. The SMILES string of the molecule is Cc1cc(I)ccc1NC(=O)/C=C/c1ccc(C(C)C)cc1. The van der Waals surface area contributed by atoms with E-state index in [-0.39, 0.29) is 5.91 Å². The number of carbonyl (C=O) groups excluding carboxylic acids is 1. The normalized spacial score (nSPS) is 11.1. The number of anilines is 1. The summed E-state index contributed by atoms with van der Waals surface area (Å²) < 4.78 is 1.16. The van der Waals surface area contributed by atoms with Gasteiger partial charge in [-0.15, -0.1) is 0 Å². The summed E-state index contributed by atoms with van der Waals surface area (Å²) in [4.78, 5) is 12.0. The average Bonchev–Trinajstić information content (AvgIpc) is 2.48. The number of nitrogens with one attached hydrogen (secondary N) is 1. The van der Waals surface area contributed by atoms with Gasteiger partial charge in [0.05, 0.1) is 0 Å². The molecule has 0 saturated carbocycles. The van der Waals surface area contributed by atoms with Crippen LogP contribution in [0.15, 0.2) is 48.5 Å². The maximum absolute atomic E-state index is 12.0. The molecule has 0 fully saturated rings. The maximum Gasteiger partial charge on any atom is 0.248 e. The van der Waals surface area contributed by atoms with Gasteiger partial charge in [-0.3, -0.25) is 4.79 Å². The zero-order valence-corrected chi connectivity index (χ0v) is 15.2. The molecule has 114 valence electrons. The number of rotatable bonds is 4. The molecule has 2 aromatic carbocycles. The van der Waals surface area contributed by atoms with E-state index in [1.165, 1.54) is 5.56 Å². The Morgan fingerprint density at radius 3 is 2.41 bits per heavy atom. The summed E-state index contributed by atoms with van der Waals surface area (Å²) in [6, 6.07) is 14.2. The lowest BCUT2D eigenvalue weighted by Crippen LogP contribution is -2.08. The Bertz CT molecular complexity index is 687. The van der Waals surface area contributed by atoms with Crippen LogP contribution < -0.4 is 5.32 Å². The van der Waals surface area contributed by atoms with Crippen molar-refractivity contribution in [3.05, 3.63) is 68.8 Å². The molecule has 0 aliphatic carbocycles. The highest BCUT2D eigenvalue weighted by molar-refractivity contribution is 14.1. The van der Waals surface area contributed by atoms with Crippen LogP contribution in [0.2, 0.25) is 0 Å². The van der Waals surface area contributed by atoms with E-state index in [2.05, 4.69) is 53.9 Å². The first kappa shape index (κ1) is 16.7. The topological polar surface area (TPSA) is 29.1 Å². The van der Waals surface area contributed by atoms with Gasteiger partial charge in [-0.05, 0) is 76.4 Å². The van der Waals surface area contributed by atoms with Gasteiger partial charge >= 0.3 is 0 Å². The molecule has 1 amide bonds. The molecule has 0 aliphatic heterocycles.